The van der Waals surface area contributed by atoms with Gasteiger partial charge in [-0.25, -0.2) is 0 Å². The lowest BCUT2D eigenvalue weighted by Gasteiger charge is -2.33. The number of nitriles is 1. The van der Waals surface area contributed by atoms with Crippen LogP contribution in [0, 0.1) is 29.1 Å². The second kappa shape index (κ2) is 10.0. The van der Waals surface area contributed by atoms with E-state index >= 15 is 0 Å². The number of rotatable bonds is 4. The minimum atomic E-state index is -4.64. The first-order valence-corrected chi connectivity index (χ1v) is 14.5. The minimum Gasteiger partial charge on any atom is -0.298 e. The largest absolute Gasteiger partial charge is 0.402 e. The Bertz CT molecular complexity index is 1280. The predicted molar refractivity (Wildman–Crippen MR) is 131 cm³/mol. The lowest BCUT2D eigenvalue weighted by molar-refractivity contribution is -0.184. The Morgan fingerprint density at radius 2 is 1.69 bits per heavy atom. The predicted octanol–water partition coefficient (Wildman–Crippen LogP) is 4.44. The molecule has 2 aliphatic heterocycles. The van der Waals surface area contributed by atoms with Crippen LogP contribution in [0.5, 0.6) is 0 Å². The first-order chi connectivity index (χ1) is 18.2. The topological polar surface area (TPSA) is 76.4 Å². The maximum Gasteiger partial charge on any atom is 0.402 e. The minimum absolute atomic E-state index is 0.00944. The van der Waals surface area contributed by atoms with Gasteiger partial charge in [-0.1, -0.05) is 18.2 Å². The molecule has 2 heterocycles. The molecule has 0 unspecified atom stereocenters. The summed E-state index contributed by atoms with van der Waals surface area (Å²) < 4.78 is 107. The van der Waals surface area contributed by atoms with Crippen molar-refractivity contribution in [3.05, 3.63) is 40.5 Å². The number of halogens is 6. The van der Waals surface area contributed by atoms with Gasteiger partial charge in [-0.05, 0) is 86.2 Å². The first kappa shape index (κ1) is 28.4. The number of piperidine rings is 1. The van der Waals surface area contributed by atoms with Crippen LogP contribution in [0.4, 0.5) is 26.3 Å². The van der Waals surface area contributed by atoms with E-state index in [2.05, 4.69) is 10.8 Å². The van der Waals surface area contributed by atoms with Crippen LogP contribution in [0.15, 0.2) is 23.8 Å². The Morgan fingerprint density at radius 3 is 2.28 bits per heavy atom. The molecule has 2 saturated heterocycles. The Labute approximate surface area is 223 Å². The molecule has 2 aliphatic carbocycles. The Kier molecular flexibility index (Phi) is 7.31. The molecule has 0 radical (unpaired) electrons. The van der Waals surface area contributed by atoms with Crippen LogP contribution in [-0.2, 0) is 23.1 Å². The van der Waals surface area contributed by atoms with Crippen LogP contribution < -0.4 is 4.72 Å². The van der Waals surface area contributed by atoms with Crippen molar-refractivity contribution in [3.63, 3.8) is 0 Å². The molecule has 13 heteroatoms. The number of nitrogens with zero attached hydrogens (tertiary/aromatic N) is 3. The highest BCUT2D eigenvalue weighted by molar-refractivity contribution is 7.87. The number of benzene rings is 1. The van der Waals surface area contributed by atoms with Gasteiger partial charge in [0.25, 0.3) is 10.2 Å². The highest BCUT2D eigenvalue weighted by atomic mass is 32.2. The third kappa shape index (κ3) is 5.85. The van der Waals surface area contributed by atoms with Gasteiger partial charge in [0, 0.05) is 18.7 Å². The molecule has 1 N–H and O–H groups in total. The summed E-state index contributed by atoms with van der Waals surface area (Å²) in [6.45, 7) is -0.951. The van der Waals surface area contributed by atoms with Crippen molar-refractivity contribution >= 4 is 16.3 Å². The third-order valence-corrected chi connectivity index (χ3v) is 10.4. The lowest BCUT2D eigenvalue weighted by atomic mass is 9.79. The van der Waals surface area contributed by atoms with Crippen LogP contribution in [0.25, 0.3) is 6.08 Å². The zero-order valence-corrected chi connectivity index (χ0v) is 22.0. The van der Waals surface area contributed by atoms with Crippen molar-refractivity contribution in [2.75, 3.05) is 32.7 Å². The molecular formula is C26H30F6N4O2S. The van der Waals surface area contributed by atoms with E-state index in [-0.39, 0.29) is 50.9 Å². The van der Waals surface area contributed by atoms with E-state index in [1.807, 2.05) is 23.1 Å². The summed E-state index contributed by atoms with van der Waals surface area (Å²) in [7, 11) is -4.26. The van der Waals surface area contributed by atoms with Gasteiger partial charge in [0.1, 0.15) is 6.54 Å². The molecule has 0 amide bonds. The van der Waals surface area contributed by atoms with Gasteiger partial charge in [0.15, 0.2) is 0 Å². The molecule has 3 atom stereocenters. The summed E-state index contributed by atoms with van der Waals surface area (Å²) in [6.07, 6.45) is -4.64. The fourth-order valence-electron chi connectivity index (χ4n) is 6.93. The van der Waals surface area contributed by atoms with Crippen LogP contribution in [0.3, 0.4) is 0 Å². The summed E-state index contributed by atoms with van der Waals surface area (Å²) >= 11 is 0. The number of hydrogen-bond donors (Lipinski definition) is 1. The monoisotopic (exact) mass is 576 g/mol. The summed E-state index contributed by atoms with van der Waals surface area (Å²) in [4.78, 5) is 1.85. The SMILES string of the molecule is N#C/C(=C\c1ccc2c(c1)C[C@H]1CC[C@@H](C2)[C@]12CN(CC(F)(F)F)S(=O)(=O)N2)CN1CCC(C(F)(F)F)CC1. The number of alkyl halides is 6. The number of nitrogens with one attached hydrogen (secondary N) is 1. The van der Waals surface area contributed by atoms with Gasteiger partial charge in [0.05, 0.1) is 17.5 Å². The van der Waals surface area contributed by atoms with Gasteiger partial charge in [-0.3, -0.25) is 4.90 Å². The van der Waals surface area contributed by atoms with Crippen LogP contribution >= 0.6 is 0 Å². The zero-order valence-electron chi connectivity index (χ0n) is 21.2. The Morgan fingerprint density at radius 1 is 1.05 bits per heavy atom. The summed E-state index contributed by atoms with van der Waals surface area (Å²) in [5.41, 5.74) is 2.22. The average molecular weight is 577 g/mol. The normalized spacial score (nSPS) is 30.3. The average Bonchev–Trinajstić information content (AvgIpc) is 3.22. The van der Waals surface area contributed by atoms with Gasteiger partial charge < -0.3 is 0 Å². The molecule has 5 rings (SSSR count). The zero-order chi connectivity index (χ0) is 28.2. The van der Waals surface area contributed by atoms with E-state index < -0.39 is 40.6 Å². The smallest absolute Gasteiger partial charge is 0.298 e. The van der Waals surface area contributed by atoms with Gasteiger partial charge in [-0.15, -0.1) is 0 Å². The molecule has 0 aromatic heterocycles. The molecule has 3 fully saturated rings. The molecule has 2 bridgehead atoms. The van der Waals surface area contributed by atoms with E-state index in [1.165, 1.54) is 0 Å². The van der Waals surface area contributed by atoms with Gasteiger partial charge >= 0.3 is 12.4 Å². The van der Waals surface area contributed by atoms with E-state index in [9.17, 15) is 40.0 Å². The Hall–Kier alpha value is -2.14. The van der Waals surface area contributed by atoms with Crippen molar-refractivity contribution in [3.8, 4) is 6.07 Å². The highest BCUT2D eigenvalue weighted by Gasteiger charge is 2.60. The summed E-state index contributed by atoms with van der Waals surface area (Å²) in [5, 5.41) is 9.69. The van der Waals surface area contributed by atoms with Crippen LogP contribution in [0.2, 0.25) is 0 Å². The summed E-state index contributed by atoms with van der Waals surface area (Å²) in [5.74, 6) is -1.61. The molecule has 4 aliphatic rings. The highest BCUT2D eigenvalue weighted by Crippen LogP contribution is 2.50. The van der Waals surface area contributed by atoms with Crippen LogP contribution in [0.1, 0.15) is 42.4 Å². The molecule has 1 aromatic rings. The maximum atomic E-state index is 13.1. The molecule has 1 saturated carbocycles. The molecule has 1 aromatic carbocycles. The standard InChI is InChI=1S/C26H30F6N4O2S/c27-25(28,29)16-36-15-24(34-39(36,37)38)22-3-4-23(24)12-20-10-17(1-2-19(20)11-22)9-18(13-33)14-35-7-5-21(6-8-35)26(30,31)32/h1-2,9-10,21-23,34H,3-8,11-12,14-16H2/b18-9+/t22-,23+,24+/m0/s1. The molecular weight excluding hydrogens is 546 g/mol. The van der Waals surface area contributed by atoms with Gasteiger partial charge in [-0.2, -0.15) is 49.0 Å². The second-order valence-corrected chi connectivity index (χ2v) is 13.0. The second-order valence-electron chi connectivity index (χ2n) is 11.3. The van der Waals surface area contributed by atoms with Crippen molar-refractivity contribution in [2.45, 2.75) is 56.4 Å². The third-order valence-electron chi connectivity index (χ3n) is 8.87. The number of likely N-dealkylation sites (tertiary alicyclic amines) is 1. The lowest BCUT2D eigenvalue weighted by Crippen LogP contribution is -2.52. The molecule has 6 nitrogen and oxygen atoms in total. The van der Waals surface area contributed by atoms with Gasteiger partial charge in [0.2, 0.25) is 0 Å². The van der Waals surface area contributed by atoms with E-state index in [0.29, 0.717) is 29.1 Å². The van der Waals surface area contributed by atoms with Crippen molar-refractivity contribution in [1.29, 1.82) is 5.26 Å². The maximum absolute atomic E-state index is 13.1. The number of hydrogen-bond acceptors (Lipinski definition) is 4. The van der Waals surface area contributed by atoms with Crippen molar-refractivity contribution in [2.24, 2.45) is 17.8 Å². The van der Waals surface area contributed by atoms with E-state index in [4.69, 9.17) is 0 Å². The summed E-state index contributed by atoms with van der Waals surface area (Å²) in [6, 6.07) is 7.87. The molecule has 39 heavy (non-hydrogen) atoms. The van der Waals surface area contributed by atoms with E-state index in [0.717, 1.165) is 23.1 Å². The molecule has 214 valence electrons. The molecule has 1 spiro atoms. The van der Waals surface area contributed by atoms with Crippen molar-refractivity contribution < 1.29 is 34.8 Å². The fraction of sp³-hybridized carbons (Fsp3) is 0.654. The van der Waals surface area contributed by atoms with Crippen molar-refractivity contribution in [1.82, 2.24) is 13.9 Å². The Balaban J connectivity index is 1.32. The van der Waals surface area contributed by atoms with E-state index in [1.54, 1.807) is 6.08 Å². The quantitative estimate of drug-likeness (QED) is 0.425. The van der Waals surface area contributed by atoms with Crippen LogP contribution in [-0.4, -0.2) is 68.2 Å². The fourth-order valence-corrected chi connectivity index (χ4v) is 8.64. The number of fused-ring (bicyclic) bond motifs is 1. The first-order valence-electron chi connectivity index (χ1n) is 13.1.